The van der Waals surface area contributed by atoms with Crippen LogP contribution in [0.25, 0.3) is 0 Å². The molecule has 0 fully saturated rings. The predicted octanol–water partition coefficient (Wildman–Crippen LogP) is 3.20. The normalized spacial score (nSPS) is 9.85. The Morgan fingerprint density at radius 1 is 1.54 bits per heavy atom. The summed E-state index contributed by atoms with van der Waals surface area (Å²) in [5.74, 6) is -0.416. The molecule has 0 amide bonds. The van der Waals surface area contributed by atoms with Crippen LogP contribution < -0.4 is 0 Å². The van der Waals surface area contributed by atoms with Gasteiger partial charge in [-0.3, -0.25) is 0 Å². The Morgan fingerprint density at radius 2 is 2.15 bits per heavy atom. The average Bonchev–Trinajstić information content (AvgIpc) is 2.13. The number of hydrogen-bond donors (Lipinski definition) is 0. The van der Waals surface area contributed by atoms with Crippen molar-refractivity contribution >= 4 is 33.5 Å². The number of benzene rings is 1. The summed E-state index contributed by atoms with van der Waals surface area (Å²) in [6.45, 7) is 1.83. The zero-order valence-electron chi connectivity index (χ0n) is 7.23. The second-order valence-corrected chi connectivity index (χ2v) is 3.76. The summed E-state index contributed by atoms with van der Waals surface area (Å²) < 4.78 is 5.45. The van der Waals surface area contributed by atoms with Crippen molar-refractivity contribution < 1.29 is 9.53 Å². The van der Waals surface area contributed by atoms with Crippen LogP contribution in [0.3, 0.4) is 0 Å². The fourth-order valence-corrected chi connectivity index (χ4v) is 1.62. The van der Waals surface area contributed by atoms with E-state index < -0.39 is 5.97 Å². The molecule has 0 aromatic heterocycles. The monoisotopic (exact) mass is 262 g/mol. The average molecular weight is 264 g/mol. The molecule has 13 heavy (non-hydrogen) atoms. The van der Waals surface area contributed by atoms with E-state index in [9.17, 15) is 4.79 Å². The minimum atomic E-state index is -0.416. The second-order valence-electron chi connectivity index (χ2n) is 2.53. The zero-order chi connectivity index (χ0) is 10.0. The van der Waals surface area contributed by atoms with Gasteiger partial charge in [0.1, 0.15) is 0 Å². The quantitative estimate of drug-likeness (QED) is 0.727. The summed E-state index contributed by atoms with van der Waals surface area (Å²) in [5.41, 5.74) is 1.23. The molecule has 0 radical (unpaired) electrons. The second kappa shape index (κ2) is 4.11. The topological polar surface area (TPSA) is 26.3 Å². The van der Waals surface area contributed by atoms with Gasteiger partial charge >= 0.3 is 5.97 Å². The first kappa shape index (κ1) is 10.5. The SMILES string of the molecule is COC(=O)c1ccc(Br)c(C)c1Cl. The van der Waals surface area contributed by atoms with Gasteiger partial charge in [-0.1, -0.05) is 27.5 Å². The molecule has 0 saturated heterocycles. The molecule has 1 aromatic rings. The summed E-state index contributed by atoms with van der Waals surface area (Å²) in [6, 6.07) is 3.40. The van der Waals surface area contributed by atoms with Crippen LogP contribution in [-0.4, -0.2) is 13.1 Å². The van der Waals surface area contributed by atoms with Crippen molar-refractivity contribution in [1.29, 1.82) is 0 Å². The molecule has 1 aromatic carbocycles. The minimum absolute atomic E-state index is 0.393. The van der Waals surface area contributed by atoms with Crippen molar-refractivity contribution in [2.75, 3.05) is 7.11 Å². The predicted molar refractivity (Wildman–Crippen MR) is 55.2 cm³/mol. The first-order valence-corrected chi connectivity index (χ1v) is 4.78. The van der Waals surface area contributed by atoms with Gasteiger partial charge in [-0.15, -0.1) is 0 Å². The van der Waals surface area contributed by atoms with Crippen LogP contribution in [0.2, 0.25) is 5.02 Å². The molecule has 0 N–H and O–H groups in total. The molecule has 1 rings (SSSR count). The van der Waals surface area contributed by atoms with Crippen LogP contribution in [0.15, 0.2) is 16.6 Å². The molecule has 4 heteroatoms. The molecule has 0 spiro atoms. The van der Waals surface area contributed by atoms with E-state index >= 15 is 0 Å². The Kier molecular flexibility index (Phi) is 3.33. The molecular formula is C9H8BrClO2. The Balaban J connectivity index is 3.26. The molecule has 0 aliphatic rings. The maximum absolute atomic E-state index is 11.2. The maximum Gasteiger partial charge on any atom is 0.339 e. The highest BCUT2D eigenvalue weighted by molar-refractivity contribution is 9.10. The zero-order valence-corrected chi connectivity index (χ0v) is 9.57. The fraction of sp³-hybridized carbons (Fsp3) is 0.222. The van der Waals surface area contributed by atoms with Crippen molar-refractivity contribution in [3.05, 3.63) is 32.8 Å². The van der Waals surface area contributed by atoms with Crippen LogP contribution in [0.1, 0.15) is 15.9 Å². The highest BCUT2D eigenvalue weighted by atomic mass is 79.9. The van der Waals surface area contributed by atoms with Gasteiger partial charge in [-0.25, -0.2) is 4.79 Å². The number of carbonyl (C=O) groups is 1. The van der Waals surface area contributed by atoms with Gasteiger partial charge in [0.2, 0.25) is 0 Å². The van der Waals surface area contributed by atoms with E-state index in [0.717, 1.165) is 10.0 Å². The van der Waals surface area contributed by atoms with Crippen molar-refractivity contribution in [1.82, 2.24) is 0 Å². The lowest BCUT2D eigenvalue weighted by Gasteiger charge is -2.06. The first-order chi connectivity index (χ1) is 6.07. The van der Waals surface area contributed by atoms with E-state index in [2.05, 4.69) is 20.7 Å². The van der Waals surface area contributed by atoms with Gasteiger partial charge in [0.05, 0.1) is 17.7 Å². The summed E-state index contributed by atoms with van der Waals surface area (Å²) in [5, 5.41) is 0.432. The summed E-state index contributed by atoms with van der Waals surface area (Å²) >= 11 is 9.26. The van der Waals surface area contributed by atoms with E-state index in [-0.39, 0.29) is 0 Å². The molecule has 0 saturated carbocycles. The third kappa shape index (κ3) is 2.03. The minimum Gasteiger partial charge on any atom is -0.465 e. The molecule has 2 nitrogen and oxygen atoms in total. The van der Waals surface area contributed by atoms with Gasteiger partial charge in [-0.05, 0) is 24.6 Å². The third-order valence-corrected chi connectivity index (χ3v) is 3.07. The molecule has 70 valence electrons. The number of carbonyl (C=O) groups excluding carboxylic acids is 1. The van der Waals surface area contributed by atoms with Crippen LogP contribution in [-0.2, 0) is 4.74 Å². The smallest absolute Gasteiger partial charge is 0.339 e. The Hall–Kier alpha value is -0.540. The number of methoxy groups -OCH3 is 1. The van der Waals surface area contributed by atoms with E-state index in [1.54, 1.807) is 12.1 Å². The highest BCUT2D eigenvalue weighted by Crippen LogP contribution is 2.27. The maximum atomic E-state index is 11.2. The Labute approximate surface area is 90.0 Å². The first-order valence-electron chi connectivity index (χ1n) is 3.61. The molecule has 0 bridgehead atoms. The van der Waals surface area contributed by atoms with Crippen LogP contribution in [0, 0.1) is 6.92 Å². The van der Waals surface area contributed by atoms with Gasteiger partial charge < -0.3 is 4.74 Å². The third-order valence-electron chi connectivity index (χ3n) is 1.73. The lowest BCUT2D eigenvalue weighted by Crippen LogP contribution is -2.02. The van der Waals surface area contributed by atoms with E-state index in [1.807, 2.05) is 6.92 Å². The number of rotatable bonds is 1. The molecule has 0 aliphatic heterocycles. The van der Waals surface area contributed by atoms with Crippen LogP contribution >= 0.6 is 27.5 Å². The molecule has 0 heterocycles. The Morgan fingerprint density at radius 3 is 2.69 bits per heavy atom. The summed E-state index contributed by atoms with van der Waals surface area (Å²) in [7, 11) is 1.33. The van der Waals surface area contributed by atoms with Gasteiger partial charge in [0.15, 0.2) is 0 Å². The van der Waals surface area contributed by atoms with Crippen LogP contribution in [0.5, 0.6) is 0 Å². The molecule has 0 unspecified atom stereocenters. The van der Waals surface area contributed by atoms with Gasteiger partial charge in [0, 0.05) is 4.47 Å². The molecular weight excluding hydrogens is 255 g/mol. The van der Waals surface area contributed by atoms with E-state index in [4.69, 9.17) is 11.6 Å². The number of ether oxygens (including phenoxy) is 1. The lowest BCUT2D eigenvalue weighted by molar-refractivity contribution is 0.0601. The largest absolute Gasteiger partial charge is 0.465 e. The number of esters is 1. The van der Waals surface area contributed by atoms with E-state index in [1.165, 1.54) is 7.11 Å². The molecule has 0 aliphatic carbocycles. The fourth-order valence-electron chi connectivity index (χ4n) is 0.929. The van der Waals surface area contributed by atoms with Crippen molar-refractivity contribution in [3.63, 3.8) is 0 Å². The van der Waals surface area contributed by atoms with Gasteiger partial charge in [0.25, 0.3) is 0 Å². The van der Waals surface area contributed by atoms with Gasteiger partial charge in [-0.2, -0.15) is 0 Å². The van der Waals surface area contributed by atoms with Crippen LogP contribution in [0.4, 0.5) is 0 Å². The van der Waals surface area contributed by atoms with Crippen molar-refractivity contribution in [3.8, 4) is 0 Å². The molecule has 0 atom stereocenters. The van der Waals surface area contributed by atoms with E-state index in [0.29, 0.717) is 10.6 Å². The standard InChI is InChI=1S/C9H8BrClO2/c1-5-7(10)4-3-6(8(5)11)9(12)13-2/h3-4H,1-2H3. The Bertz CT molecular complexity index is 350. The number of halogens is 2. The number of hydrogen-bond acceptors (Lipinski definition) is 2. The van der Waals surface area contributed by atoms with Crippen molar-refractivity contribution in [2.45, 2.75) is 6.92 Å². The highest BCUT2D eigenvalue weighted by Gasteiger charge is 2.13. The van der Waals surface area contributed by atoms with Crippen molar-refractivity contribution in [2.24, 2.45) is 0 Å². The summed E-state index contributed by atoms with van der Waals surface area (Å²) in [6.07, 6.45) is 0. The lowest BCUT2D eigenvalue weighted by atomic mass is 10.1. The summed E-state index contributed by atoms with van der Waals surface area (Å²) in [4.78, 5) is 11.2.